The number of aryl methyl sites for hydroxylation is 1. The lowest BCUT2D eigenvalue weighted by molar-refractivity contribution is 0.513. The van der Waals surface area contributed by atoms with Crippen molar-refractivity contribution in [3.05, 3.63) is 70.0 Å². The van der Waals surface area contributed by atoms with Crippen LogP contribution >= 0.6 is 11.6 Å². The molecule has 0 spiro atoms. The number of benzene rings is 2. The highest BCUT2D eigenvalue weighted by molar-refractivity contribution is 6.31. The molecule has 112 valence electrons. The van der Waals surface area contributed by atoms with Gasteiger partial charge in [0.15, 0.2) is 0 Å². The van der Waals surface area contributed by atoms with E-state index in [1.54, 1.807) is 6.07 Å². The Balaban J connectivity index is 2.27. The summed E-state index contributed by atoms with van der Waals surface area (Å²) in [6.07, 6.45) is 1.62. The van der Waals surface area contributed by atoms with Crippen LogP contribution in [-0.2, 0) is 6.42 Å². The van der Waals surface area contributed by atoms with Crippen molar-refractivity contribution in [2.75, 3.05) is 6.54 Å². The summed E-state index contributed by atoms with van der Waals surface area (Å²) < 4.78 is 13.9. The van der Waals surface area contributed by atoms with E-state index in [4.69, 9.17) is 11.6 Å². The lowest BCUT2D eigenvalue weighted by atomic mass is 9.97. The highest BCUT2D eigenvalue weighted by Gasteiger charge is 2.16. The van der Waals surface area contributed by atoms with E-state index in [1.165, 1.54) is 6.07 Å². The fourth-order valence-corrected chi connectivity index (χ4v) is 2.78. The van der Waals surface area contributed by atoms with E-state index < -0.39 is 0 Å². The van der Waals surface area contributed by atoms with Crippen molar-refractivity contribution in [2.24, 2.45) is 0 Å². The summed E-state index contributed by atoms with van der Waals surface area (Å²) >= 11 is 6.38. The van der Waals surface area contributed by atoms with Gasteiger partial charge >= 0.3 is 0 Å². The number of hydrogen-bond donors (Lipinski definition) is 1. The Kier molecular flexibility index (Phi) is 5.77. The zero-order valence-electron chi connectivity index (χ0n) is 12.5. The third-order valence-electron chi connectivity index (χ3n) is 3.55. The first-order chi connectivity index (χ1) is 10.1. The van der Waals surface area contributed by atoms with Gasteiger partial charge in [-0.15, -0.1) is 0 Å². The first kappa shape index (κ1) is 16.0. The van der Waals surface area contributed by atoms with Gasteiger partial charge < -0.3 is 5.32 Å². The molecule has 1 atom stereocenters. The topological polar surface area (TPSA) is 12.0 Å². The first-order valence-corrected chi connectivity index (χ1v) is 7.72. The molecule has 0 radical (unpaired) electrons. The molecule has 0 amide bonds. The minimum absolute atomic E-state index is 0.0231. The highest BCUT2D eigenvalue weighted by Crippen LogP contribution is 2.27. The largest absolute Gasteiger partial charge is 0.310 e. The Hall–Kier alpha value is -1.38. The Bertz CT molecular complexity index is 598. The number of rotatable bonds is 6. The molecule has 21 heavy (non-hydrogen) atoms. The van der Waals surface area contributed by atoms with Crippen molar-refractivity contribution < 1.29 is 4.39 Å². The highest BCUT2D eigenvalue weighted by atomic mass is 35.5. The second-order valence-electron chi connectivity index (χ2n) is 5.33. The van der Waals surface area contributed by atoms with Gasteiger partial charge in [-0.3, -0.25) is 0 Å². The fourth-order valence-electron chi connectivity index (χ4n) is 2.41. The molecule has 0 aliphatic rings. The molecular formula is C18H21ClFN. The Morgan fingerprint density at radius 3 is 2.62 bits per heavy atom. The van der Waals surface area contributed by atoms with Gasteiger partial charge in [-0.2, -0.15) is 0 Å². The van der Waals surface area contributed by atoms with Gasteiger partial charge in [0.1, 0.15) is 5.82 Å². The van der Waals surface area contributed by atoms with Crippen molar-refractivity contribution in [1.29, 1.82) is 0 Å². The van der Waals surface area contributed by atoms with Gasteiger partial charge in [0.25, 0.3) is 0 Å². The van der Waals surface area contributed by atoms with E-state index in [-0.39, 0.29) is 11.9 Å². The maximum Gasteiger partial charge on any atom is 0.126 e. The minimum Gasteiger partial charge on any atom is -0.310 e. The van der Waals surface area contributed by atoms with Crippen LogP contribution in [0.2, 0.25) is 5.02 Å². The van der Waals surface area contributed by atoms with Crippen molar-refractivity contribution in [2.45, 2.75) is 32.7 Å². The average Bonchev–Trinajstić information content (AvgIpc) is 2.46. The quantitative estimate of drug-likeness (QED) is 0.785. The molecule has 1 unspecified atom stereocenters. The molecule has 2 aromatic rings. The van der Waals surface area contributed by atoms with Gasteiger partial charge in [-0.25, -0.2) is 4.39 Å². The fraction of sp³-hybridized carbons (Fsp3) is 0.333. The maximum absolute atomic E-state index is 13.9. The van der Waals surface area contributed by atoms with Gasteiger partial charge in [-0.05, 0) is 55.1 Å². The summed E-state index contributed by atoms with van der Waals surface area (Å²) in [4.78, 5) is 0. The molecular weight excluding hydrogens is 285 g/mol. The van der Waals surface area contributed by atoms with E-state index in [0.29, 0.717) is 12.0 Å². The second-order valence-corrected chi connectivity index (χ2v) is 5.73. The summed E-state index contributed by atoms with van der Waals surface area (Å²) in [5.41, 5.74) is 2.87. The zero-order valence-corrected chi connectivity index (χ0v) is 13.3. The van der Waals surface area contributed by atoms with Crippen LogP contribution in [0.1, 0.15) is 36.1 Å². The molecule has 3 heteroatoms. The van der Waals surface area contributed by atoms with Crippen LogP contribution in [0.15, 0.2) is 42.5 Å². The van der Waals surface area contributed by atoms with Crippen molar-refractivity contribution in [1.82, 2.24) is 5.32 Å². The summed E-state index contributed by atoms with van der Waals surface area (Å²) in [7, 11) is 0. The van der Waals surface area contributed by atoms with E-state index in [0.717, 1.165) is 29.1 Å². The number of nitrogens with one attached hydrogen (secondary N) is 1. The molecule has 0 aliphatic heterocycles. The van der Waals surface area contributed by atoms with Gasteiger partial charge in [0.05, 0.1) is 0 Å². The lowest BCUT2D eigenvalue weighted by Crippen LogP contribution is -2.24. The molecule has 0 bridgehead atoms. The molecule has 0 aromatic heterocycles. The van der Waals surface area contributed by atoms with Crippen LogP contribution in [0.3, 0.4) is 0 Å². The standard InChI is InChI=1S/C18H21ClFN/c1-3-10-21-18(12-14-6-4-5-7-17(14)20)15-9-8-13(2)11-16(15)19/h4-9,11,18,21H,3,10,12H2,1-2H3. The lowest BCUT2D eigenvalue weighted by Gasteiger charge is -2.21. The molecule has 2 aromatic carbocycles. The van der Waals surface area contributed by atoms with Crippen LogP contribution in [0.4, 0.5) is 4.39 Å². The summed E-state index contributed by atoms with van der Waals surface area (Å²) in [6.45, 7) is 5.01. The molecule has 0 saturated carbocycles. The third kappa shape index (κ3) is 4.29. The Morgan fingerprint density at radius 1 is 1.19 bits per heavy atom. The van der Waals surface area contributed by atoms with E-state index in [1.807, 2.05) is 37.3 Å². The molecule has 2 rings (SSSR count). The molecule has 0 heterocycles. The molecule has 0 aliphatic carbocycles. The van der Waals surface area contributed by atoms with Crippen LogP contribution in [0.5, 0.6) is 0 Å². The smallest absolute Gasteiger partial charge is 0.126 e. The third-order valence-corrected chi connectivity index (χ3v) is 3.88. The summed E-state index contributed by atoms with van der Waals surface area (Å²) in [5, 5.41) is 4.21. The van der Waals surface area contributed by atoms with Crippen molar-refractivity contribution in [3.8, 4) is 0 Å². The van der Waals surface area contributed by atoms with Gasteiger partial charge in [0, 0.05) is 11.1 Å². The van der Waals surface area contributed by atoms with Crippen LogP contribution in [0.25, 0.3) is 0 Å². The average molecular weight is 306 g/mol. The Morgan fingerprint density at radius 2 is 1.95 bits per heavy atom. The molecule has 1 N–H and O–H groups in total. The predicted molar refractivity (Wildman–Crippen MR) is 87.3 cm³/mol. The van der Waals surface area contributed by atoms with E-state index in [2.05, 4.69) is 12.2 Å². The van der Waals surface area contributed by atoms with Crippen molar-refractivity contribution in [3.63, 3.8) is 0 Å². The molecule has 1 nitrogen and oxygen atoms in total. The van der Waals surface area contributed by atoms with Crippen LogP contribution in [0, 0.1) is 12.7 Å². The van der Waals surface area contributed by atoms with E-state index >= 15 is 0 Å². The normalized spacial score (nSPS) is 12.4. The van der Waals surface area contributed by atoms with Gasteiger partial charge in [0.2, 0.25) is 0 Å². The second kappa shape index (κ2) is 7.58. The summed E-state index contributed by atoms with van der Waals surface area (Å²) in [6, 6.07) is 13.0. The monoisotopic (exact) mass is 305 g/mol. The van der Waals surface area contributed by atoms with E-state index in [9.17, 15) is 4.39 Å². The van der Waals surface area contributed by atoms with Gasteiger partial charge in [-0.1, -0.05) is 48.9 Å². The number of hydrogen-bond acceptors (Lipinski definition) is 1. The van der Waals surface area contributed by atoms with Crippen molar-refractivity contribution >= 4 is 11.6 Å². The first-order valence-electron chi connectivity index (χ1n) is 7.34. The van der Waals surface area contributed by atoms with Crippen LogP contribution in [-0.4, -0.2) is 6.54 Å². The minimum atomic E-state index is -0.163. The Labute approximate surface area is 131 Å². The molecule has 0 saturated heterocycles. The maximum atomic E-state index is 13.9. The van der Waals surface area contributed by atoms with Crippen LogP contribution < -0.4 is 5.32 Å². The number of halogens is 2. The zero-order chi connectivity index (χ0) is 15.2. The molecule has 0 fully saturated rings. The summed E-state index contributed by atoms with van der Waals surface area (Å²) in [5.74, 6) is -0.163. The predicted octanol–water partition coefficient (Wildman–Crippen LogP) is 5.07. The SMILES string of the molecule is CCCNC(Cc1ccccc1F)c1ccc(C)cc1Cl.